The fourth-order valence-electron chi connectivity index (χ4n) is 5.69. The Labute approximate surface area is 210 Å². The number of benzene rings is 5. The average molecular weight is 465 g/mol. The van der Waals surface area contributed by atoms with E-state index < -0.39 is 0 Å². The van der Waals surface area contributed by atoms with Gasteiger partial charge in [-0.25, -0.2) is 4.57 Å². The van der Waals surface area contributed by atoms with Crippen LogP contribution in [0.2, 0.25) is 0 Å². The van der Waals surface area contributed by atoms with E-state index in [0.29, 0.717) is 0 Å². The van der Waals surface area contributed by atoms with Crippen LogP contribution in [0.4, 0.5) is 0 Å². The van der Waals surface area contributed by atoms with Crippen molar-refractivity contribution in [3.63, 3.8) is 0 Å². The zero-order chi connectivity index (χ0) is 24.4. The molecule has 0 aliphatic heterocycles. The third kappa shape index (κ3) is 3.01. The van der Waals surface area contributed by atoms with Gasteiger partial charge in [-0.1, -0.05) is 78.9 Å². The number of fused-ring (bicyclic) bond motifs is 6. The van der Waals surface area contributed by atoms with Crippen molar-refractivity contribution in [1.82, 2.24) is 0 Å². The minimum atomic E-state index is 0.940. The molecular weight excluding hydrogens is 438 g/mol. The quantitative estimate of drug-likeness (QED) is 0.185. The molecule has 5 aromatic carbocycles. The minimum Gasteiger partial charge on any atom is -0.454 e. The zero-order valence-corrected chi connectivity index (χ0v) is 20.7. The Morgan fingerprint density at radius 3 is 2.17 bits per heavy atom. The highest BCUT2D eigenvalue weighted by Crippen LogP contribution is 2.43. The van der Waals surface area contributed by atoms with Gasteiger partial charge in [-0.3, -0.25) is 0 Å². The molecule has 0 aliphatic carbocycles. The van der Waals surface area contributed by atoms with Gasteiger partial charge in [0.2, 0.25) is 5.69 Å². The second-order valence-corrected chi connectivity index (χ2v) is 9.81. The molecular formula is C34H26NO+. The van der Waals surface area contributed by atoms with E-state index in [1.807, 2.05) is 0 Å². The molecule has 2 aromatic heterocycles. The van der Waals surface area contributed by atoms with Crippen LogP contribution in [0.1, 0.15) is 11.1 Å². The number of pyridine rings is 1. The fraction of sp³-hybridized carbons (Fsp3) is 0.0882. The smallest absolute Gasteiger partial charge is 0.216 e. The molecule has 0 fully saturated rings. The molecule has 36 heavy (non-hydrogen) atoms. The Balaban J connectivity index is 1.60. The molecule has 172 valence electrons. The van der Waals surface area contributed by atoms with Crippen LogP contribution >= 0.6 is 0 Å². The zero-order valence-electron chi connectivity index (χ0n) is 20.7. The summed E-state index contributed by atoms with van der Waals surface area (Å²) in [6.07, 6.45) is 2.12. The summed E-state index contributed by atoms with van der Waals surface area (Å²) in [5.41, 5.74) is 8.98. The van der Waals surface area contributed by atoms with Gasteiger partial charge in [-0.2, -0.15) is 0 Å². The van der Waals surface area contributed by atoms with E-state index in [1.54, 1.807) is 0 Å². The Morgan fingerprint density at radius 2 is 1.31 bits per heavy atom. The summed E-state index contributed by atoms with van der Waals surface area (Å²) < 4.78 is 9.03. The molecule has 7 rings (SSSR count). The fourth-order valence-corrected chi connectivity index (χ4v) is 5.69. The summed E-state index contributed by atoms with van der Waals surface area (Å²) >= 11 is 0. The Morgan fingerprint density at radius 1 is 0.583 bits per heavy atom. The van der Waals surface area contributed by atoms with E-state index in [4.69, 9.17) is 4.42 Å². The minimum absolute atomic E-state index is 0.940. The molecule has 0 saturated heterocycles. The SMILES string of the molecule is Cc1cc[n+](C)c(-c2c(C)ccc3c2oc2c(-c4cc5ccccc5c5ccccc45)cccc23)c1. The molecule has 0 radical (unpaired) electrons. The summed E-state index contributed by atoms with van der Waals surface area (Å²) in [6, 6.07) is 35.0. The average Bonchev–Trinajstić information content (AvgIpc) is 3.28. The first-order chi connectivity index (χ1) is 17.6. The molecule has 0 spiro atoms. The van der Waals surface area contributed by atoms with Gasteiger partial charge in [0.25, 0.3) is 0 Å². The van der Waals surface area contributed by atoms with Gasteiger partial charge in [-0.05, 0) is 58.1 Å². The van der Waals surface area contributed by atoms with Gasteiger partial charge in [0, 0.05) is 28.5 Å². The molecule has 0 bridgehead atoms. The van der Waals surface area contributed by atoms with Crippen molar-refractivity contribution in [2.75, 3.05) is 0 Å². The van der Waals surface area contributed by atoms with E-state index in [2.05, 4.69) is 129 Å². The molecule has 0 N–H and O–H groups in total. The second kappa shape index (κ2) is 7.79. The van der Waals surface area contributed by atoms with Gasteiger partial charge in [0.15, 0.2) is 6.20 Å². The van der Waals surface area contributed by atoms with Gasteiger partial charge >= 0.3 is 0 Å². The first kappa shape index (κ1) is 20.9. The van der Waals surface area contributed by atoms with Crippen molar-refractivity contribution in [2.45, 2.75) is 13.8 Å². The third-order valence-electron chi connectivity index (χ3n) is 7.50. The first-order valence-corrected chi connectivity index (χ1v) is 12.4. The number of nitrogens with zero attached hydrogens (tertiary/aromatic N) is 1. The Hall–Kier alpha value is -4.43. The highest BCUT2D eigenvalue weighted by atomic mass is 16.3. The van der Waals surface area contributed by atoms with Crippen molar-refractivity contribution in [1.29, 1.82) is 0 Å². The van der Waals surface area contributed by atoms with E-state index in [1.165, 1.54) is 38.2 Å². The summed E-state index contributed by atoms with van der Waals surface area (Å²) in [5, 5.41) is 7.32. The second-order valence-electron chi connectivity index (χ2n) is 9.81. The number of aryl methyl sites for hydroxylation is 3. The van der Waals surface area contributed by atoms with E-state index >= 15 is 0 Å². The standard InChI is InChI=1S/C34H26NO/c1-21-17-18-35(3)31(19-21)32-22(2)15-16-29-27-13-8-14-28(33(27)36-34(29)32)30-20-23-9-4-5-10-24(23)25-11-6-7-12-26(25)30/h4-20H,1-3H3/q+1. The van der Waals surface area contributed by atoms with Gasteiger partial charge in [0.1, 0.15) is 18.2 Å². The van der Waals surface area contributed by atoms with Crippen LogP contribution in [0.25, 0.3) is 65.9 Å². The summed E-state index contributed by atoms with van der Waals surface area (Å²) in [7, 11) is 2.10. The summed E-state index contributed by atoms with van der Waals surface area (Å²) in [4.78, 5) is 0. The van der Waals surface area contributed by atoms with Crippen molar-refractivity contribution in [2.24, 2.45) is 7.05 Å². The molecule has 2 heteroatoms. The Kier molecular flexibility index (Phi) is 4.52. The van der Waals surface area contributed by atoms with Crippen LogP contribution in [0.3, 0.4) is 0 Å². The van der Waals surface area contributed by atoms with Crippen LogP contribution in [0.15, 0.2) is 108 Å². The molecule has 0 unspecified atom stereocenters. The predicted molar refractivity (Wildman–Crippen MR) is 150 cm³/mol. The van der Waals surface area contributed by atoms with Crippen LogP contribution < -0.4 is 4.57 Å². The molecule has 2 heterocycles. The van der Waals surface area contributed by atoms with Crippen LogP contribution in [0, 0.1) is 13.8 Å². The summed E-state index contributed by atoms with van der Waals surface area (Å²) in [6.45, 7) is 4.31. The number of furan rings is 1. The highest BCUT2D eigenvalue weighted by molar-refractivity contribution is 6.18. The van der Waals surface area contributed by atoms with Crippen LogP contribution in [-0.4, -0.2) is 0 Å². The molecule has 2 nitrogen and oxygen atoms in total. The van der Waals surface area contributed by atoms with Crippen molar-refractivity contribution < 1.29 is 8.98 Å². The lowest BCUT2D eigenvalue weighted by Gasteiger charge is -2.11. The molecule has 0 atom stereocenters. The monoisotopic (exact) mass is 464 g/mol. The lowest BCUT2D eigenvalue weighted by molar-refractivity contribution is -0.660. The maximum atomic E-state index is 6.85. The molecule has 0 saturated carbocycles. The van der Waals surface area contributed by atoms with Gasteiger partial charge < -0.3 is 4.42 Å². The maximum Gasteiger partial charge on any atom is 0.216 e. The highest BCUT2D eigenvalue weighted by Gasteiger charge is 2.22. The van der Waals surface area contributed by atoms with Gasteiger partial charge in [0.05, 0.1) is 5.56 Å². The van der Waals surface area contributed by atoms with Gasteiger partial charge in [-0.15, -0.1) is 0 Å². The van der Waals surface area contributed by atoms with E-state index in [9.17, 15) is 0 Å². The van der Waals surface area contributed by atoms with E-state index in [0.717, 1.165) is 38.8 Å². The molecule has 0 amide bonds. The molecule has 0 aliphatic rings. The Bertz CT molecular complexity index is 1980. The summed E-state index contributed by atoms with van der Waals surface area (Å²) in [5.74, 6) is 0. The normalized spacial score (nSPS) is 11.8. The van der Waals surface area contributed by atoms with Crippen LogP contribution in [0.5, 0.6) is 0 Å². The predicted octanol–water partition coefficient (Wildman–Crippen LogP) is 8.67. The first-order valence-electron chi connectivity index (χ1n) is 12.4. The number of rotatable bonds is 2. The van der Waals surface area contributed by atoms with Crippen molar-refractivity contribution in [3.05, 3.63) is 114 Å². The topological polar surface area (TPSA) is 17.0 Å². The van der Waals surface area contributed by atoms with Crippen LogP contribution in [-0.2, 0) is 7.05 Å². The maximum absolute atomic E-state index is 6.85. The number of para-hydroxylation sites is 1. The van der Waals surface area contributed by atoms with E-state index in [-0.39, 0.29) is 0 Å². The van der Waals surface area contributed by atoms with Crippen molar-refractivity contribution >= 4 is 43.5 Å². The van der Waals surface area contributed by atoms with Crippen molar-refractivity contribution in [3.8, 4) is 22.4 Å². The molecule has 7 aromatic rings. The lowest BCUT2D eigenvalue weighted by atomic mass is 9.92. The number of hydrogen-bond donors (Lipinski definition) is 0. The number of aromatic nitrogens is 1. The largest absolute Gasteiger partial charge is 0.454 e. The third-order valence-corrected chi connectivity index (χ3v) is 7.50. The number of hydrogen-bond acceptors (Lipinski definition) is 1. The lowest BCUT2D eigenvalue weighted by Crippen LogP contribution is -2.30.